The van der Waals surface area contributed by atoms with E-state index in [0.29, 0.717) is 0 Å². The van der Waals surface area contributed by atoms with Gasteiger partial charge in [0.15, 0.2) is 12.1 Å². The Morgan fingerprint density at radius 1 is 1.25 bits per heavy atom. The Morgan fingerprint density at radius 3 is 2.50 bits per heavy atom. The van der Waals surface area contributed by atoms with E-state index in [1.165, 1.54) is 0 Å². The van der Waals surface area contributed by atoms with Gasteiger partial charge in [-0.1, -0.05) is 0 Å². The fraction of sp³-hybridized carbons (Fsp3) is 1.00. The molecule has 16 heavy (non-hydrogen) atoms. The number of methoxy groups -OCH3 is 1. The van der Waals surface area contributed by atoms with Gasteiger partial charge in [-0.15, -0.1) is 0 Å². The fourth-order valence-electron chi connectivity index (χ4n) is 2.93. The van der Waals surface area contributed by atoms with Crippen molar-refractivity contribution in [2.45, 2.75) is 62.7 Å². The second-order valence-corrected chi connectivity index (χ2v) is 5.25. The summed E-state index contributed by atoms with van der Waals surface area (Å²) >= 11 is 0. The van der Waals surface area contributed by atoms with Crippen LogP contribution in [0.3, 0.4) is 0 Å². The molecule has 1 aliphatic carbocycles. The summed E-state index contributed by atoms with van der Waals surface area (Å²) in [4.78, 5) is 0. The van der Waals surface area contributed by atoms with E-state index in [1.807, 2.05) is 13.8 Å². The number of rotatable bonds is 1. The molecule has 5 heteroatoms. The molecule has 1 N–H and O–H groups in total. The van der Waals surface area contributed by atoms with Gasteiger partial charge in [-0.25, -0.2) is 0 Å². The molecule has 3 rings (SSSR count). The Morgan fingerprint density at radius 2 is 2.00 bits per heavy atom. The van der Waals surface area contributed by atoms with Crippen LogP contribution in [0.4, 0.5) is 0 Å². The molecule has 1 unspecified atom stereocenters. The number of fused-ring (bicyclic) bond motifs is 2. The zero-order valence-corrected chi connectivity index (χ0v) is 9.80. The summed E-state index contributed by atoms with van der Waals surface area (Å²) < 4.78 is 22.7. The van der Waals surface area contributed by atoms with Crippen molar-refractivity contribution in [1.82, 2.24) is 0 Å². The number of ether oxygens (including phenoxy) is 4. The van der Waals surface area contributed by atoms with Crippen LogP contribution < -0.4 is 0 Å². The normalized spacial score (nSPS) is 54.0. The van der Waals surface area contributed by atoms with Crippen LogP contribution in [-0.4, -0.2) is 48.2 Å². The lowest BCUT2D eigenvalue weighted by Gasteiger charge is -2.45. The maximum Gasteiger partial charge on any atom is 0.187 e. The molecule has 5 nitrogen and oxygen atoms in total. The van der Waals surface area contributed by atoms with Gasteiger partial charge in [0.2, 0.25) is 0 Å². The predicted octanol–water partition coefficient (Wildman–Crippen LogP) is 0.403. The third-order valence-corrected chi connectivity index (χ3v) is 3.82. The Kier molecular flexibility index (Phi) is 2.17. The van der Waals surface area contributed by atoms with Crippen molar-refractivity contribution in [3.63, 3.8) is 0 Å². The van der Waals surface area contributed by atoms with Crippen molar-refractivity contribution >= 4 is 0 Å². The van der Waals surface area contributed by atoms with E-state index in [9.17, 15) is 5.11 Å². The molecule has 0 radical (unpaired) electrons. The first kappa shape index (κ1) is 10.9. The molecule has 2 saturated heterocycles. The summed E-state index contributed by atoms with van der Waals surface area (Å²) in [5.74, 6) is -0.627. The first-order valence-electron chi connectivity index (χ1n) is 5.73. The van der Waals surface area contributed by atoms with Crippen LogP contribution in [-0.2, 0) is 18.9 Å². The van der Waals surface area contributed by atoms with Gasteiger partial charge >= 0.3 is 0 Å². The molecule has 1 spiro atoms. The molecule has 0 amide bonds. The fourth-order valence-corrected chi connectivity index (χ4v) is 2.93. The Hall–Kier alpha value is -0.200. The summed E-state index contributed by atoms with van der Waals surface area (Å²) in [5.41, 5.74) is -0.612. The molecular formula is C11H18O5. The Bertz CT molecular complexity index is 305. The molecule has 3 aliphatic rings. The van der Waals surface area contributed by atoms with Gasteiger partial charge in [0.1, 0.15) is 17.8 Å². The average Bonchev–Trinajstić information content (AvgIpc) is 2.68. The van der Waals surface area contributed by atoms with Gasteiger partial charge in [0, 0.05) is 7.11 Å². The molecule has 2 aliphatic heterocycles. The van der Waals surface area contributed by atoms with E-state index in [1.54, 1.807) is 7.11 Å². The van der Waals surface area contributed by atoms with E-state index in [4.69, 9.17) is 18.9 Å². The smallest absolute Gasteiger partial charge is 0.187 e. The summed E-state index contributed by atoms with van der Waals surface area (Å²) in [5, 5.41) is 9.91. The van der Waals surface area contributed by atoms with Crippen molar-refractivity contribution in [2.24, 2.45) is 0 Å². The highest BCUT2D eigenvalue weighted by Crippen LogP contribution is 2.52. The van der Waals surface area contributed by atoms with Gasteiger partial charge in [-0.3, -0.25) is 0 Å². The monoisotopic (exact) mass is 230 g/mol. The third kappa shape index (κ3) is 1.23. The number of hydrogen-bond donors (Lipinski definition) is 1. The zero-order chi connectivity index (χ0) is 11.6. The van der Waals surface area contributed by atoms with Gasteiger partial charge in [-0.05, 0) is 26.7 Å². The van der Waals surface area contributed by atoms with E-state index in [-0.39, 0.29) is 12.2 Å². The van der Waals surface area contributed by atoms with E-state index in [0.717, 1.165) is 12.8 Å². The molecule has 0 aromatic carbocycles. The molecule has 0 bridgehead atoms. The highest BCUT2D eigenvalue weighted by atomic mass is 16.8. The summed E-state index contributed by atoms with van der Waals surface area (Å²) in [6.07, 6.45) is 0.170. The SMILES string of the molecule is CO[C@@H]1O[C@]2(CC[C@@H]2O)C2OC(C)(C)O[C@@H]21. The summed E-state index contributed by atoms with van der Waals surface area (Å²) in [7, 11) is 1.58. The van der Waals surface area contributed by atoms with E-state index < -0.39 is 23.8 Å². The molecule has 0 aromatic rings. The molecule has 0 aromatic heterocycles. The standard InChI is InChI=1S/C11H18O5/c1-10(2)14-7-8(15-10)11(5-4-6(11)12)16-9(7)13-3/h6-9,12H,4-5H2,1-3H3/t6-,7-,8?,9+,11-/m0/s1. The lowest BCUT2D eigenvalue weighted by atomic mass is 9.73. The minimum Gasteiger partial charge on any atom is -0.390 e. The van der Waals surface area contributed by atoms with E-state index >= 15 is 0 Å². The van der Waals surface area contributed by atoms with Crippen LogP contribution in [0.1, 0.15) is 26.7 Å². The maximum absolute atomic E-state index is 9.91. The number of aliphatic hydroxyl groups excluding tert-OH is 1. The topological polar surface area (TPSA) is 57.2 Å². The molecular weight excluding hydrogens is 212 g/mol. The minimum absolute atomic E-state index is 0.226. The molecule has 5 atom stereocenters. The maximum atomic E-state index is 9.91. The lowest BCUT2D eigenvalue weighted by molar-refractivity contribution is -0.289. The van der Waals surface area contributed by atoms with Gasteiger partial charge in [0.25, 0.3) is 0 Å². The minimum atomic E-state index is -0.627. The van der Waals surface area contributed by atoms with Crippen molar-refractivity contribution in [3.05, 3.63) is 0 Å². The van der Waals surface area contributed by atoms with E-state index in [2.05, 4.69) is 0 Å². The number of hydrogen-bond acceptors (Lipinski definition) is 5. The van der Waals surface area contributed by atoms with Crippen molar-refractivity contribution in [1.29, 1.82) is 0 Å². The van der Waals surface area contributed by atoms with Crippen molar-refractivity contribution in [2.75, 3.05) is 7.11 Å². The predicted molar refractivity (Wildman–Crippen MR) is 53.7 cm³/mol. The Labute approximate surface area is 94.6 Å². The van der Waals surface area contributed by atoms with Crippen LogP contribution in [0.15, 0.2) is 0 Å². The molecule has 3 fully saturated rings. The molecule has 2 heterocycles. The summed E-state index contributed by atoms with van der Waals surface area (Å²) in [6.45, 7) is 3.74. The van der Waals surface area contributed by atoms with Crippen LogP contribution in [0.25, 0.3) is 0 Å². The quantitative estimate of drug-likeness (QED) is 0.706. The van der Waals surface area contributed by atoms with Gasteiger partial charge in [0.05, 0.1) is 6.10 Å². The van der Waals surface area contributed by atoms with Crippen molar-refractivity contribution in [3.8, 4) is 0 Å². The van der Waals surface area contributed by atoms with Gasteiger partial charge in [-0.2, -0.15) is 0 Å². The highest BCUT2D eigenvalue weighted by Gasteiger charge is 2.68. The van der Waals surface area contributed by atoms with Crippen molar-refractivity contribution < 1.29 is 24.1 Å². The highest BCUT2D eigenvalue weighted by molar-refractivity contribution is 5.13. The van der Waals surface area contributed by atoms with Crippen LogP contribution in [0.5, 0.6) is 0 Å². The second kappa shape index (κ2) is 3.17. The first-order valence-corrected chi connectivity index (χ1v) is 5.73. The Balaban J connectivity index is 1.89. The van der Waals surface area contributed by atoms with Gasteiger partial charge < -0.3 is 24.1 Å². The molecule has 1 saturated carbocycles. The molecule has 92 valence electrons. The summed E-state index contributed by atoms with van der Waals surface area (Å²) in [6, 6.07) is 0. The zero-order valence-electron chi connectivity index (χ0n) is 9.80. The first-order chi connectivity index (χ1) is 7.48. The number of aliphatic hydroxyl groups is 1. The van der Waals surface area contributed by atoms with Crippen LogP contribution >= 0.6 is 0 Å². The average molecular weight is 230 g/mol. The third-order valence-electron chi connectivity index (χ3n) is 3.82. The van der Waals surface area contributed by atoms with Crippen LogP contribution in [0, 0.1) is 0 Å². The van der Waals surface area contributed by atoms with Crippen LogP contribution in [0.2, 0.25) is 0 Å². The second-order valence-electron chi connectivity index (χ2n) is 5.25. The largest absolute Gasteiger partial charge is 0.390 e. The lowest BCUT2D eigenvalue weighted by Crippen LogP contribution is -2.59.